The van der Waals surface area contributed by atoms with Crippen molar-refractivity contribution in [1.82, 2.24) is 19.6 Å². The number of hydrogen-bond donors (Lipinski definition) is 0. The van der Waals surface area contributed by atoms with Crippen LogP contribution in [0.2, 0.25) is 0 Å². The van der Waals surface area contributed by atoms with Gasteiger partial charge in [0.25, 0.3) is 11.8 Å². The highest BCUT2D eigenvalue weighted by molar-refractivity contribution is 7.98. The molecule has 2 aliphatic rings. The van der Waals surface area contributed by atoms with Gasteiger partial charge in [-0.15, -0.1) is 0 Å². The molecular formula is C23H28N4O3S. The Labute approximate surface area is 186 Å². The number of amides is 3. The number of carbonyl (C=O) groups excluding carboxylic acids is 3. The smallest absolute Gasteiger partial charge is 0.262 e. The summed E-state index contributed by atoms with van der Waals surface area (Å²) < 4.78 is 2.03. The van der Waals surface area contributed by atoms with Crippen LogP contribution in [0.3, 0.4) is 0 Å². The van der Waals surface area contributed by atoms with Crippen LogP contribution in [0.5, 0.6) is 0 Å². The molecule has 2 aromatic rings. The summed E-state index contributed by atoms with van der Waals surface area (Å²) >= 11 is 1.60. The van der Waals surface area contributed by atoms with E-state index in [0.717, 1.165) is 11.3 Å². The van der Waals surface area contributed by atoms with Gasteiger partial charge in [0.05, 0.1) is 22.9 Å². The van der Waals surface area contributed by atoms with Crippen molar-refractivity contribution in [1.29, 1.82) is 0 Å². The van der Waals surface area contributed by atoms with Gasteiger partial charge in [-0.25, -0.2) is 0 Å². The number of benzene rings is 1. The molecule has 0 saturated carbocycles. The molecule has 1 aromatic heterocycles. The Morgan fingerprint density at radius 3 is 2.39 bits per heavy atom. The number of imide groups is 1. The van der Waals surface area contributed by atoms with Crippen molar-refractivity contribution in [3.05, 3.63) is 52.8 Å². The molecule has 7 nitrogen and oxygen atoms in total. The summed E-state index contributed by atoms with van der Waals surface area (Å²) in [5.74, 6) is -0.237. The summed E-state index contributed by atoms with van der Waals surface area (Å²) in [7, 11) is 0. The molecule has 1 aromatic carbocycles. The van der Waals surface area contributed by atoms with E-state index in [9.17, 15) is 14.4 Å². The van der Waals surface area contributed by atoms with Crippen molar-refractivity contribution in [2.45, 2.75) is 51.7 Å². The maximum absolute atomic E-state index is 13.6. The van der Waals surface area contributed by atoms with Crippen LogP contribution in [-0.2, 0) is 23.3 Å². The van der Waals surface area contributed by atoms with Crippen LogP contribution in [0.4, 0.5) is 0 Å². The predicted octanol–water partition coefficient (Wildman–Crippen LogP) is 2.94. The Morgan fingerprint density at radius 1 is 1.16 bits per heavy atom. The second kappa shape index (κ2) is 8.15. The minimum absolute atomic E-state index is 0.124. The highest BCUT2D eigenvalue weighted by Gasteiger charge is 2.44. The molecule has 0 fully saturated rings. The van der Waals surface area contributed by atoms with Gasteiger partial charge in [-0.05, 0) is 51.3 Å². The number of fused-ring (bicyclic) bond motifs is 2. The quantitative estimate of drug-likeness (QED) is 0.669. The Kier molecular flexibility index (Phi) is 5.68. The number of carbonyl (C=O) groups is 3. The number of aromatic nitrogens is 2. The van der Waals surface area contributed by atoms with Gasteiger partial charge in [-0.2, -0.15) is 16.9 Å². The topological polar surface area (TPSA) is 75.5 Å². The van der Waals surface area contributed by atoms with Gasteiger partial charge in [0.2, 0.25) is 5.91 Å². The van der Waals surface area contributed by atoms with Crippen LogP contribution in [0.1, 0.15) is 59.2 Å². The molecule has 0 N–H and O–H groups in total. The first-order valence-corrected chi connectivity index (χ1v) is 11.9. The lowest BCUT2D eigenvalue weighted by atomic mass is 10.0. The monoisotopic (exact) mass is 440 g/mol. The van der Waals surface area contributed by atoms with E-state index in [-0.39, 0.29) is 23.3 Å². The lowest BCUT2D eigenvalue weighted by Gasteiger charge is -2.34. The summed E-state index contributed by atoms with van der Waals surface area (Å²) in [6.45, 7) is 7.32. The summed E-state index contributed by atoms with van der Waals surface area (Å²) in [6, 6.07) is 6.00. The lowest BCUT2D eigenvalue weighted by Crippen LogP contribution is -2.52. The summed E-state index contributed by atoms with van der Waals surface area (Å²) in [6.07, 6.45) is 4.93. The van der Waals surface area contributed by atoms with E-state index in [4.69, 9.17) is 0 Å². The van der Waals surface area contributed by atoms with Crippen LogP contribution < -0.4 is 0 Å². The van der Waals surface area contributed by atoms with E-state index >= 15 is 0 Å². The van der Waals surface area contributed by atoms with Crippen LogP contribution in [-0.4, -0.2) is 61.9 Å². The molecule has 1 unspecified atom stereocenters. The Balaban J connectivity index is 1.60. The molecular weight excluding hydrogens is 412 g/mol. The van der Waals surface area contributed by atoms with Gasteiger partial charge in [0.1, 0.15) is 6.04 Å². The maximum Gasteiger partial charge on any atom is 0.262 e. The van der Waals surface area contributed by atoms with E-state index in [0.29, 0.717) is 42.8 Å². The third kappa shape index (κ3) is 3.78. The molecule has 1 atom stereocenters. The predicted molar refractivity (Wildman–Crippen MR) is 120 cm³/mol. The molecule has 0 bridgehead atoms. The van der Waals surface area contributed by atoms with Gasteiger partial charge in [-0.1, -0.05) is 12.1 Å². The zero-order chi connectivity index (χ0) is 22.3. The fraction of sp³-hybridized carbons (Fsp3) is 0.478. The fourth-order valence-corrected chi connectivity index (χ4v) is 4.85. The van der Waals surface area contributed by atoms with E-state index in [1.807, 2.05) is 17.1 Å². The van der Waals surface area contributed by atoms with Crippen molar-refractivity contribution >= 4 is 29.5 Å². The molecule has 3 amide bonds. The molecule has 0 aliphatic carbocycles. The van der Waals surface area contributed by atoms with E-state index in [1.54, 1.807) is 40.9 Å². The minimum atomic E-state index is -0.793. The minimum Gasteiger partial charge on any atom is -0.336 e. The van der Waals surface area contributed by atoms with E-state index in [1.165, 1.54) is 4.90 Å². The van der Waals surface area contributed by atoms with Crippen molar-refractivity contribution in [3.8, 4) is 0 Å². The van der Waals surface area contributed by atoms with E-state index in [2.05, 4.69) is 25.9 Å². The van der Waals surface area contributed by atoms with Crippen molar-refractivity contribution in [3.63, 3.8) is 0 Å². The van der Waals surface area contributed by atoms with Gasteiger partial charge in [-0.3, -0.25) is 24.0 Å². The van der Waals surface area contributed by atoms with E-state index < -0.39 is 6.04 Å². The summed E-state index contributed by atoms with van der Waals surface area (Å²) in [5, 5.41) is 4.54. The molecule has 3 heterocycles. The average Bonchev–Trinajstić information content (AvgIpc) is 3.28. The van der Waals surface area contributed by atoms with Crippen LogP contribution in [0.25, 0.3) is 0 Å². The third-order valence-electron chi connectivity index (χ3n) is 5.90. The summed E-state index contributed by atoms with van der Waals surface area (Å²) in [5.41, 5.74) is 2.81. The van der Waals surface area contributed by atoms with Crippen LogP contribution >= 0.6 is 11.8 Å². The molecule has 0 radical (unpaired) electrons. The zero-order valence-corrected chi connectivity index (χ0v) is 19.2. The summed E-state index contributed by atoms with van der Waals surface area (Å²) in [4.78, 5) is 42.6. The fourth-order valence-electron chi connectivity index (χ4n) is 4.39. The molecule has 0 spiro atoms. The second-order valence-corrected chi connectivity index (χ2v) is 10.0. The highest BCUT2D eigenvalue weighted by Crippen LogP contribution is 2.29. The van der Waals surface area contributed by atoms with Crippen molar-refractivity contribution in [2.75, 3.05) is 18.6 Å². The SMILES string of the molecule is CSCCC(C(=O)N1CCc2c(cnn2C(C)(C)C)C1)N1C(=O)c2ccccc2C1=O. The van der Waals surface area contributed by atoms with Crippen LogP contribution in [0.15, 0.2) is 30.5 Å². The first-order chi connectivity index (χ1) is 14.7. The normalized spacial score (nSPS) is 17.0. The highest BCUT2D eigenvalue weighted by atomic mass is 32.2. The number of rotatable bonds is 5. The molecule has 4 rings (SSSR count). The molecule has 8 heteroatoms. The molecule has 2 aliphatic heterocycles. The lowest BCUT2D eigenvalue weighted by molar-refractivity contribution is -0.136. The largest absolute Gasteiger partial charge is 0.336 e. The maximum atomic E-state index is 13.6. The van der Waals surface area contributed by atoms with Crippen molar-refractivity contribution < 1.29 is 14.4 Å². The van der Waals surface area contributed by atoms with Gasteiger partial charge in [0, 0.05) is 30.8 Å². The second-order valence-electron chi connectivity index (χ2n) is 9.03. The first kappa shape index (κ1) is 21.6. The molecule has 0 saturated heterocycles. The average molecular weight is 441 g/mol. The first-order valence-electron chi connectivity index (χ1n) is 10.5. The zero-order valence-electron chi connectivity index (χ0n) is 18.4. The Morgan fingerprint density at radius 2 is 1.81 bits per heavy atom. The number of hydrogen-bond acceptors (Lipinski definition) is 5. The molecule has 164 valence electrons. The van der Waals surface area contributed by atoms with Crippen LogP contribution in [0, 0.1) is 0 Å². The Bertz CT molecular complexity index is 1000. The standard InChI is InChI=1S/C23H28N4O3S/c1-23(2,3)27-18-9-11-25(14-15(18)13-24-27)22(30)19(10-12-31-4)26-20(28)16-7-5-6-8-17(16)21(26)29/h5-8,13,19H,9-12,14H2,1-4H3. The Hall–Kier alpha value is -2.61. The van der Waals surface area contributed by atoms with Crippen molar-refractivity contribution in [2.24, 2.45) is 0 Å². The number of nitrogens with zero attached hydrogens (tertiary/aromatic N) is 4. The number of thioether (sulfide) groups is 1. The molecule has 31 heavy (non-hydrogen) atoms. The van der Waals surface area contributed by atoms with Gasteiger partial charge < -0.3 is 4.90 Å². The van der Waals surface area contributed by atoms with Gasteiger partial charge >= 0.3 is 0 Å². The third-order valence-corrected chi connectivity index (χ3v) is 6.54. The van der Waals surface area contributed by atoms with Gasteiger partial charge in [0.15, 0.2) is 0 Å².